The summed E-state index contributed by atoms with van der Waals surface area (Å²) in [5.41, 5.74) is 0.291. The van der Waals surface area contributed by atoms with Gasteiger partial charge in [-0.05, 0) is 24.1 Å². The third-order valence-corrected chi connectivity index (χ3v) is 2.87. The Morgan fingerprint density at radius 1 is 1.12 bits per heavy atom. The second kappa shape index (κ2) is 9.39. The number of hydrogen-bond acceptors (Lipinski definition) is 6. The van der Waals surface area contributed by atoms with Gasteiger partial charge < -0.3 is 19.5 Å². The molecule has 1 aromatic carbocycles. The van der Waals surface area contributed by atoms with Gasteiger partial charge in [0.15, 0.2) is 18.1 Å². The van der Waals surface area contributed by atoms with Crippen molar-refractivity contribution in [1.82, 2.24) is 10.6 Å². The van der Waals surface area contributed by atoms with Gasteiger partial charge >= 0.3 is 12.0 Å². The first-order chi connectivity index (χ1) is 11.4. The fourth-order valence-corrected chi connectivity index (χ4v) is 1.68. The third kappa shape index (κ3) is 6.15. The van der Waals surface area contributed by atoms with E-state index in [4.69, 9.17) is 9.47 Å². The average Bonchev–Trinajstić information content (AvgIpc) is 2.57. The van der Waals surface area contributed by atoms with E-state index >= 15 is 0 Å². The van der Waals surface area contributed by atoms with Crippen molar-refractivity contribution in [2.75, 3.05) is 27.4 Å². The van der Waals surface area contributed by atoms with E-state index in [1.807, 2.05) is 13.8 Å². The van der Waals surface area contributed by atoms with E-state index in [1.165, 1.54) is 32.4 Å². The Morgan fingerprint density at radius 2 is 1.83 bits per heavy atom. The maximum Gasteiger partial charge on any atom is 0.337 e. The van der Waals surface area contributed by atoms with Crippen molar-refractivity contribution in [1.29, 1.82) is 0 Å². The third-order valence-electron chi connectivity index (χ3n) is 2.87. The number of carbonyl (C=O) groups excluding carboxylic acids is 3. The molecule has 0 saturated carbocycles. The van der Waals surface area contributed by atoms with Crippen LogP contribution in [0.1, 0.15) is 24.2 Å². The smallest absolute Gasteiger partial charge is 0.337 e. The molecule has 0 aliphatic rings. The summed E-state index contributed by atoms with van der Waals surface area (Å²) in [5.74, 6) is -0.299. The predicted octanol–water partition coefficient (Wildman–Crippen LogP) is 1.34. The number of methoxy groups -OCH3 is 2. The number of imide groups is 1. The van der Waals surface area contributed by atoms with Gasteiger partial charge in [0.1, 0.15) is 0 Å². The first kappa shape index (κ1) is 19.3. The summed E-state index contributed by atoms with van der Waals surface area (Å²) in [7, 11) is 2.68. The van der Waals surface area contributed by atoms with E-state index < -0.39 is 17.9 Å². The van der Waals surface area contributed by atoms with Crippen molar-refractivity contribution >= 4 is 17.9 Å². The van der Waals surface area contributed by atoms with Gasteiger partial charge in [-0.1, -0.05) is 13.8 Å². The molecule has 0 radical (unpaired) electrons. The molecule has 3 amide bonds. The van der Waals surface area contributed by atoms with Crippen molar-refractivity contribution < 1.29 is 28.6 Å². The Labute approximate surface area is 140 Å². The van der Waals surface area contributed by atoms with Crippen molar-refractivity contribution in [3.63, 3.8) is 0 Å². The number of esters is 1. The summed E-state index contributed by atoms with van der Waals surface area (Å²) in [4.78, 5) is 34.6. The molecule has 0 unspecified atom stereocenters. The van der Waals surface area contributed by atoms with Gasteiger partial charge in [0, 0.05) is 6.54 Å². The van der Waals surface area contributed by atoms with Crippen molar-refractivity contribution in [3.05, 3.63) is 23.8 Å². The standard InChI is InChI=1S/C16H22N2O6/c1-10(2)8-17-16(21)18-14(19)9-24-12-6-5-11(15(20)23-4)7-13(12)22-3/h5-7,10H,8-9H2,1-4H3,(H2,17,18,19,21). The first-order valence-electron chi connectivity index (χ1n) is 7.34. The van der Waals surface area contributed by atoms with Crippen LogP contribution in [0.2, 0.25) is 0 Å². The van der Waals surface area contributed by atoms with Crippen LogP contribution in [-0.4, -0.2) is 45.3 Å². The van der Waals surface area contributed by atoms with Crippen molar-refractivity contribution in [2.24, 2.45) is 5.92 Å². The lowest BCUT2D eigenvalue weighted by molar-refractivity contribution is -0.122. The van der Waals surface area contributed by atoms with Crippen LogP contribution in [0.15, 0.2) is 18.2 Å². The molecule has 1 rings (SSSR count). The molecule has 132 valence electrons. The summed E-state index contributed by atoms with van der Waals surface area (Å²) in [6, 6.07) is 3.83. The molecule has 0 spiro atoms. The molecule has 8 heteroatoms. The highest BCUT2D eigenvalue weighted by Gasteiger charge is 2.13. The van der Waals surface area contributed by atoms with Crippen LogP contribution in [0.25, 0.3) is 0 Å². The molecule has 0 aliphatic carbocycles. The zero-order chi connectivity index (χ0) is 18.1. The summed E-state index contributed by atoms with van der Waals surface area (Å²) >= 11 is 0. The Morgan fingerprint density at radius 3 is 2.42 bits per heavy atom. The van der Waals surface area contributed by atoms with E-state index in [9.17, 15) is 14.4 Å². The zero-order valence-electron chi connectivity index (χ0n) is 14.2. The molecule has 0 atom stereocenters. The lowest BCUT2D eigenvalue weighted by Gasteiger charge is -2.12. The summed E-state index contributed by atoms with van der Waals surface area (Å²) in [6.07, 6.45) is 0. The highest BCUT2D eigenvalue weighted by molar-refractivity contribution is 5.95. The summed E-state index contributed by atoms with van der Waals surface area (Å²) < 4.78 is 15.0. The van der Waals surface area contributed by atoms with E-state index in [0.29, 0.717) is 12.1 Å². The van der Waals surface area contributed by atoms with Gasteiger partial charge in [-0.3, -0.25) is 10.1 Å². The van der Waals surface area contributed by atoms with E-state index in [1.54, 1.807) is 0 Å². The van der Waals surface area contributed by atoms with Gasteiger partial charge in [-0.15, -0.1) is 0 Å². The molecule has 0 heterocycles. The second-order valence-corrected chi connectivity index (χ2v) is 5.30. The Balaban J connectivity index is 2.59. The van der Waals surface area contributed by atoms with Crippen LogP contribution >= 0.6 is 0 Å². The number of ether oxygens (including phenoxy) is 3. The molecule has 0 saturated heterocycles. The van der Waals surface area contributed by atoms with Crippen LogP contribution < -0.4 is 20.1 Å². The van der Waals surface area contributed by atoms with Gasteiger partial charge in [0.2, 0.25) is 0 Å². The normalized spacial score (nSPS) is 10.0. The summed E-state index contributed by atoms with van der Waals surface area (Å²) in [5, 5.41) is 4.71. The zero-order valence-corrected chi connectivity index (χ0v) is 14.2. The van der Waals surface area contributed by atoms with Gasteiger partial charge in [0.25, 0.3) is 5.91 Å². The first-order valence-corrected chi connectivity index (χ1v) is 7.34. The van der Waals surface area contributed by atoms with E-state index in [-0.39, 0.29) is 24.0 Å². The molecule has 8 nitrogen and oxygen atoms in total. The van der Waals surface area contributed by atoms with Gasteiger partial charge in [0.05, 0.1) is 19.8 Å². The van der Waals surface area contributed by atoms with Crippen LogP contribution in [-0.2, 0) is 9.53 Å². The lowest BCUT2D eigenvalue weighted by atomic mass is 10.2. The van der Waals surface area contributed by atoms with Crippen LogP contribution in [0, 0.1) is 5.92 Å². The predicted molar refractivity (Wildman–Crippen MR) is 86.2 cm³/mol. The quantitative estimate of drug-likeness (QED) is 0.727. The molecule has 24 heavy (non-hydrogen) atoms. The van der Waals surface area contributed by atoms with Crippen LogP contribution in [0.3, 0.4) is 0 Å². The van der Waals surface area contributed by atoms with E-state index in [2.05, 4.69) is 15.4 Å². The topological polar surface area (TPSA) is 103 Å². The van der Waals surface area contributed by atoms with Crippen molar-refractivity contribution in [2.45, 2.75) is 13.8 Å². The fourth-order valence-electron chi connectivity index (χ4n) is 1.68. The van der Waals surface area contributed by atoms with Crippen LogP contribution in [0.5, 0.6) is 11.5 Å². The highest BCUT2D eigenvalue weighted by atomic mass is 16.5. The highest BCUT2D eigenvalue weighted by Crippen LogP contribution is 2.28. The van der Waals surface area contributed by atoms with Crippen molar-refractivity contribution in [3.8, 4) is 11.5 Å². The Hall–Kier alpha value is -2.77. The average molecular weight is 338 g/mol. The Bertz CT molecular complexity index is 600. The maximum atomic E-state index is 11.7. The molecule has 1 aromatic rings. The molecule has 2 N–H and O–H groups in total. The number of nitrogens with one attached hydrogen (secondary N) is 2. The second-order valence-electron chi connectivity index (χ2n) is 5.30. The molecule has 0 aromatic heterocycles. The number of carbonyl (C=O) groups is 3. The van der Waals surface area contributed by atoms with Gasteiger partial charge in [-0.2, -0.15) is 0 Å². The maximum absolute atomic E-state index is 11.7. The largest absolute Gasteiger partial charge is 0.493 e. The molecule has 0 aliphatic heterocycles. The minimum atomic E-state index is -0.602. The number of benzene rings is 1. The monoisotopic (exact) mass is 338 g/mol. The molecular formula is C16H22N2O6. The molecule has 0 fully saturated rings. The fraction of sp³-hybridized carbons (Fsp3) is 0.438. The summed E-state index contributed by atoms with van der Waals surface area (Å²) in [6.45, 7) is 3.97. The number of hydrogen-bond donors (Lipinski definition) is 2. The lowest BCUT2D eigenvalue weighted by Crippen LogP contribution is -2.42. The number of urea groups is 1. The number of rotatable bonds is 7. The minimum Gasteiger partial charge on any atom is -0.493 e. The van der Waals surface area contributed by atoms with E-state index in [0.717, 1.165) is 0 Å². The minimum absolute atomic E-state index is 0.267. The number of amides is 3. The van der Waals surface area contributed by atoms with Crippen LogP contribution in [0.4, 0.5) is 4.79 Å². The SMILES string of the molecule is COC(=O)c1ccc(OCC(=O)NC(=O)NCC(C)C)c(OC)c1. The molecular weight excluding hydrogens is 316 g/mol. The van der Waals surface area contributed by atoms with Gasteiger partial charge in [-0.25, -0.2) is 9.59 Å². The molecule has 0 bridgehead atoms. The Kier molecular flexibility index (Phi) is 7.54.